The predicted octanol–water partition coefficient (Wildman–Crippen LogP) is 2.05. The molecule has 134 valence electrons. The Morgan fingerprint density at radius 3 is 2.62 bits per heavy atom. The Morgan fingerprint density at radius 1 is 1.25 bits per heavy atom. The summed E-state index contributed by atoms with van der Waals surface area (Å²) >= 11 is 0. The van der Waals surface area contributed by atoms with Crippen molar-refractivity contribution in [1.82, 2.24) is 16.0 Å². The van der Waals surface area contributed by atoms with Crippen LogP contribution in [-0.4, -0.2) is 37.6 Å². The van der Waals surface area contributed by atoms with Gasteiger partial charge in [0.05, 0.1) is 6.42 Å². The Morgan fingerprint density at radius 2 is 2.00 bits per heavy atom. The van der Waals surface area contributed by atoms with Crippen molar-refractivity contribution in [2.75, 3.05) is 25.0 Å². The van der Waals surface area contributed by atoms with Crippen LogP contribution in [0.5, 0.6) is 0 Å². The van der Waals surface area contributed by atoms with Crippen molar-refractivity contribution in [1.29, 1.82) is 0 Å². The van der Waals surface area contributed by atoms with Crippen LogP contribution < -0.4 is 21.3 Å². The minimum Gasteiger partial charge on any atom is -0.352 e. The molecule has 1 aromatic rings. The van der Waals surface area contributed by atoms with Gasteiger partial charge in [0.2, 0.25) is 5.91 Å². The molecule has 0 aliphatic carbocycles. The van der Waals surface area contributed by atoms with E-state index in [1.165, 1.54) is 0 Å². The zero-order valence-corrected chi connectivity index (χ0v) is 14.9. The van der Waals surface area contributed by atoms with Crippen LogP contribution in [0.15, 0.2) is 24.3 Å². The summed E-state index contributed by atoms with van der Waals surface area (Å²) in [6.45, 7) is 4.54. The molecular weight excluding hydrogens is 328 g/mol. The van der Waals surface area contributed by atoms with Crippen molar-refractivity contribution in [3.8, 4) is 0 Å². The molecule has 6 nitrogen and oxygen atoms in total. The van der Waals surface area contributed by atoms with Crippen molar-refractivity contribution >= 4 is 30.0 Å². The van der Waals surface area contributed by atoms with Crippen molar-refractivity contribution in [3.63, 3.8) is 0 Å². The number of rotatable bonds is 6. The third-order valence-electron chi connectivity index (χ3n) is 3.77. The van der Waals surface area contributed by atoms with Gasteiger partial charge in [0.15, 0.2) is 0 Å². The maximum absolute atomic E-state index is 12.0. The number of carbonyl (C=O) groups is 2. The van der Waals surface area contributed by atoms with Crippen LogP contribution in [0.2, 0.25) is 0 Å². The average molecular weight is 355 g/mol. The first-order valence-corrected chi connectivity index (χ1v) is 8.31. The van der Waals surface area contributed by atoms with E-state index in [9.17, 15) is 9.59 Å². The van der Waals surface area contributed by atoms with Gasteiger partial charge < -0.3 is 21.3 Å². The number of urea groups is 1. The summed E-state index contributed by atoms with van der Waals surface area (Å²) in [5.41, 5.74) is 1.66. The number of hydrogen-bond donors (Lipinski definition) is 4. The number of nitrogens with one attached hydrogen (secondary N) is 4. The number of hydrogen-bond acceptors (Lipinski definition) is 3. The normalized spacial score (nSPS) is 16.6. The summed E-state index contributed by atoms with van der Waals surface area (Å²) in [7, 11) is 0. The molecule has 1 fully saturated rings. The molecule has 0 radical (unpaired) electrons. The number of anilines is 1. The fraction of sp³-hybridized carbons (Fsp3) is 0.529. The Bertz CT molecular complexity index is 516. The lowest BCUT2D eigenvalue weighted by Crippen LogP contribution is -2.46. The fourth-order valence-electron chi connectivity index (χ4n) is 2.56. The Labute approximate surface area is 149 Å². The molecule has 1 aliphatic rings. The van der Waals surface area contributed by atoms with Gasteiger partial charge in [0.25, 0.3) is 0 Å². The fourth-order valence-corrected chi connectivity index (χ4v) is 2.56. The quantitative estimate of drug-likeness (QED) is 0.631. The number of amides is 3. The molecule has 1 saturated heterocycles. The number of halogens is 1. The molecule has 1 aliphatic heterocycles. The van der Waals surface area contributed by atoms with Gasteiger partial charge in [0.1, 0.15) is 0 Å². The van der Waals surface area contributed by atoms with E-state index >= 15 is 0 Å². The van der Waals surface area contributed by atoms with Gasteiger partial charge in [-0.05, 0) is 43.5 Å². The molecule has 24 heavy (non-hydrogen) atoms. The van der Waals surface area contributed by atoms with Gasteiger partial charge in [-0.3, -0.25) is 4.79 Å². The highest BCUT2D eigenvalue weighted by Gasteiger charge is 2.15. The Balaban J connectivity index is 0.00000288. The minimum atomic E-state index is -0.206. The molecule has 3 amide bonds. The average Bonchev–Trinajstić information content (AvgIpc) is 2.55. The highest BCUT2D eigenvalue weighted by Crippen LogP contribution is 2.10. The van der Waals surface area contributed by atoms with Crippen molar-refractivity contribution < 1.29 is 9.59 Å². The summed E-state index contributed by atoms with van der Waals surface area (Å²) in [5, 5.41) is 11.9. The van der Waals surface area contributed by atoms with Crippen LogP contribution in [0.4, 0.5) is 10.5 Å². The highest BCUT2D eigenvalue weighted by molar-refractivity contribution is 5.89. The molecule has 0 saturated carbocycles. The zero-order chi connectivity index (χ0) is 16.5. The van der Waals surface area contributed by atoms with E-state index in [2.05, 4.69) is 21.3 Å². The highest BCUT2D eigenvalue weighted by atomic mass is 35.5. The van der Waals surface area contributed by atoms with Crippen molar-refractivity contribution in [2.45, 2.75) is 38.6 Å². The summed E-state index contributed by atoms with van der Waals surface area (Å²) < 4.78 is 0. The summed E-state index contributed by atoms with van der Waals surface area (Å²) in [5.74, 6) is 0.0418. The van der Waals surface area contributed by atoms with Gasteiger partial charge in [-0.25, -0.2) is 4.79 Å². The second kappa shape index (κ2) is 10.9. The SMILES string of the molecule is CCCNC(=O)Nc1ccc(CC(=O)N[C@H]2CCCNC2)cc1.Cl. The molecule has 0 spiro atoms. The van der Waals surface area contributed by atoms with E-state index in [1.807, 2.05) is 31.2 Å². The lowest BCUT2D eigenvalue weighted by Gasteiger charge is -2.23. The van der Waals surface area contributed by atoms with Gasteiger partial charge >= 0.3 is 6.03 Å². The van der Waals surface area contributed by atoms with E-state index in [0.29, 0.717) is 13.0 Å². The molecule has 0 unspecified atom stereocenters. The Hall–Kier alpha value is -1.79. The monoisotopic (exact) mass is 354 g/mol. The van der Waals surface area contributed by atoms with Crippen molar-refractivity contribution in [2.24, 2.45) is 0 Å². The van der Waals surface area contributed by atoms with Gasteiger partial charge in [-0.15, -0.1) is 12.4 Å². The molecule has 1 heterocycles. The number of piperidine rings is 1. The van der Waals surface area contributed by atoms with Gasteiger partial charge in [-0.2, -0.15) is 0 Å². The predicted molar refractivity (Wildman–Crippen MR) is 98.7 cm³/mol. The molecule has 7 heteroatoms. The maximum atomic E-state index is 12.0. The molecule has 4 N–H and O–H groups in total. The van der Waals surface area contributed by atoms with Crippen LogP contribution in [0, 0.1) is 0 Å². The molecule has 0 bridgehead atoms. The standard InChI is InChI=1S/C17H26N4O2.ClH/c1-2-9-19-17(23)21-14-7-5-13(6-8-14)11-16(22)20-15-4-3-10-18-12-15;/h5-8,15,18H,2-4,9-12H2,1H3,(H,20,22)(H2,19,21,23);1H/t15-;/m0./s1. The minimum absolute atomic E-state index is 0. The lowest BCUT2D eigenvalue weighted by molar-refractivity contribution is -0.121. The summed E-state index contributed by atoms with van der Waals surface area (Å²) in [4.78, 5) is 23.6. The van der Waals surface area contributed by atoms with Crippen LogP contribution in [0.25, 0.3) is 0 Å². The molecule has 2 rings (SSSR count). The molecular formula is C17H27ClN4O2. The second-order valence-corrected chi connectivity index (χ2v) is 5.87. The first kappa shape index (κ1) is 20.3. The van der Waals surface area contributed by atoms with E-state index in [4.69, 9.17) is 0 Å². The molecule has 1 atom stereocenters. The first-order valence-electron chi connectivity index (χ1n) is 8.31. The van der Waals surface area contributed by atoms with E-state index < -0.39 is 0 Å². The molecule has 1 aromatic carbocycles. The van der Waals surface area contributed by atoms with Crippen LogP contribution in [0.3, 0.4) is 0 Å². The van der Waals surface area contributed by atoms with Crippen LogP contribution in [-0.2, 0) is 11.2 Å². The van der Waals surface area contributed by atoms with Crippen molar-refractivity contribution in [3.05, 3.63) is 29.8 Å². The molecule has 0 aromatic heterocycles. The summed E-state index contributed by atoms with van der Waals surface area (Å²) in [6, 6.07) is 7.40. The van der Waals surface area contributed by atoms with Gasteiger partial charge in [0, 0.05) is 24.8 Å². The lowest BCUT2D eigenvalue weighted by atomic mass is 10.1. The number of benzene rings is 1. The van der Waals surface area contributed by atoms with E-state index in [-0.39, 0.29) is 30.4 Å². The first-order chi connectivity index (χ1) is 11.2. The number of carbonyl (C=O) groups excluding carboxylic acids is 2. The smallest absolute Gasteiger partial charge is 0.319 e. The zero-order valence-electron chi connectivity index (χ0n) is 14.1. The third-order valence-corrected chi connectivity index (χ3v) is 3.77. The van der Waals surface area contributed by atoms with Gasteiger partial charge in [-0.1, -0.05) is 19.1 Å². The summed E-state index contributed by atoms with van der Waals surface area (Å²) in [6.07, 6.45) is 3.40. The maximum Gasteiger partial charge on any atom is 0.319 e. The topological polar surface area (TPSA) is 82.3 Å². The largest absolute Gasteiger partial charge is 0.352 e. The van der Waals surface area contributed by atoms with E-state index in [1.54, 1.807) is 0 Å². The Kier molecular flexibility index (Phi) is 9.19. The van der Waals surface area contributed by atoms with Crippen LogP contribution in [0.1, 0.15) is 31.7 Å². The second-order valence-electron chi connectivity index (χ2n) is 5.87. The third kappa shape index (κ3) is 7.19. The van der Waals surface area contributed by atoms with Crippen LogP contribution >= 0.6 is 12.4 Å². The van der Waals surface area contributed by atoms with E-state index in [0.717, 1.165) is 43.6 Å².